The highest BCUT2D eigenvalue weighted by molar-refractivity contribution is 6.11. The molecule has 2 heterocycles. The number of nitrogens with zero attached hydrogens (tertiary/aromatic N) is 3. The van der Waals surface area contributed by atoms with Crippen molar-refractivity contribution in [1.29, 1.82) is 0 Å². The summed E-state index contributed by atoms with van der Waals surface area (Å²) in [4.78, 5) is 3.87. The number of hydrogen-bond acceptors (Lipinski definition) is 0. The van der Waals surface area contributed by atoms with Crippen LogP contribution in [0, 0.1) is 6.57 Å². The van der Waals surface area contributed by atoms with Gasteiger partial charge in [-0.1, -0.05) is 91.0 Å². The second-order valence-corrected chi connectivity index (χ2v) is 11.7. The van der Waals surface area contributed by atoms with Crippen molar-refractivity contribution in [3.8, 4) is 33.6 Å². The SMILES string of the molecule is [C-]#[N+]c1cc(-c2ccc(-n3c4ccccc4c4ccccc43)cc2)cc(-c2ccc3c(c2)c2ccccc2n3-c2ccccc2)c1. The summed E-state index contributed by atoms with van der Waals surface area (Å²) in [5.41, 5.74) is 11.9. The van der Waals surface area contributed by atoms with Crippen molar-refractivity contribution in [3.63, 3.8) is 0 Å². The predicted octanol–water partition coefficient (Wildman–Crippen LogP) is 11.8. The van der Waals surface area contributed by atoms with Crippen molar-refractivity contribution >= 4 is 49.3 Å². The van der Waals surface area contributed by atoms with Crippen molar-refractivity contribution in [2.75, 3.05) is 0 Å². The number of fused-ring (bicyclic) bond motifs is 6. The third-order valence-electron chi connectivity index (χ3n) is 9.11. The molecule has 0 spiro atoms. The van der Waals surface area contributed by atoms with Gasteiger partial charge in [0, 0.05) is 32.9 Å². The van der Waals surface area contributed by atoms with E-state index in [-0.39, 0.29) is 0 Å². The van der Waals surface area contributed by atoms with E-state index in [0.717, 1.165) is 33.6 Å². The van der Waals surface area contributed by atoms with Crippen molar-refractivity contribution in [2.24, 2.45) is 0 Å². The molecule has 0 aliphatic heterocycles. The molecule has 214 valence electrons. The van der Waals surface area contributed by atoms with Crippen LogP contribution >= 0.6 is 0 Å². The molecule has 0 aliphatic carbocycles. The maximum atomic E-state index is 7.90. The molecule has 0 saturated heterocycles. The lowest BCUT2D eigenvalue weighted by molar-refractivity contribution is 1.18. The quantitative estimate of drug-likeness (QED) is 0.182. The Labute approximate surface area is 266 Å². The molecule has 0 fully saturated rings. The van der Waals surface area contributed by atoms with Crippen LogP contribution in [-0.2, 0) is 0 Å². The number of benzene rings is 7. The molecule has 2 aromatic heterocycles. The molecule has 9 rings (SSSR count). The third kappa shape index (κ3) is 4.05. The van der Waals surface area contributed by atoms with Crippen molar-refractivity contribution in [3.05, 3.63) is 175 Å². The highest BCUT2D eigenvalue weighted by atomic mass is 15.0. The van der Waals surface area contributed by atoms with Crippen molar-refractivity contribution in [2.45, 2.75) is 0 Å². The van der Waals surface area contributed by atoms with Gasteiger partial charge in [-0.05, 0) is 95.1 Å². The van der Waals surface area contributed by atoms with Crippen LogP contribution in [0.5, 0.6) is 0 Å². The largest absolute Gasteiger partial charge is 0.309 e. The second kappa shape index (κ2) is 10.4. The molecule has 0 atom stereocenters. The van der Waals surface area contributed by atoms with Gasteiger partial charge in [0.1, 0.15) is 0 Å². The minimum absolute atomic E-state index is 0.630. The van der Waals surface area contributed by atoms with Crippen LogP contribution < -0.4 is 0 Å². The molecule has 0 saturated carbocycles. The van der Waals surface area contributed by atoms with Gasteiger partial charge in [0.25, 0.3) is 0 Å². The van der Waals surface area contributed by atoms with Gasteiger partial charge in [-0.3, -0.25) is 0 Å². The van der Waals surface area contributed by atoms with E-state index in [0.29, 0.717) is 5.69 Å². The summed E-state index contributed by atoms with van der Waals surface area (Å²) in [5, 5.41) is 4.91. The molecule has 0 bridgehead atoms. The average Bonchev–Trinajstić information content (AvgIpc) is 3.64. The predicted molar refractivity (Wildman–Crippen MR) is 192 cm³/mol. The van der Waals surface area contributed by atoms with Gasteiger partial charge in [-0.25, -0.2) is 4.85 Å². The average molecular weight is 586 g/mol. The standard InChI is InChI=1S/C43H27N3/c1-44-33-26-31(29-19-22-35(23-20-29)46-40-16-8-5-13-36(40)37-14-6-9-17-41(37)46)25-32(27-33)30-21-24-43-39(28-30)38-15-7-10-18-42(38)45(43)34-11-3-2-4-12-34/h2-28H. The van der Waals surface area contributed by atoms with Crippen molar-refractivity contribution < 1.29 is 0 Å². The van der Waals surface area contributed by atoms with Crippen LogP contribution in [0.2, 0.25) is 0 Å². The Morgan fingerprint density at radius 3 is 1.39 bits per heavy atom. The Balaban J connectivity index is 1.15. The van der Waals surface area contributed by atoms with Gasteiger partial charge in [-0.2, -0.15) is 0 Å². The molecule has 3 nitrogen and oxygen atoms in total. The smallest absolute Gasteiger partial charge is 0.188 e. The first-order valence-corrected chi connectivity index (χ1v) is 15.5. The monoisotopic (exact) mass is 585 g/mol. The van der Waals surface area contributed by atoms with Crippen LogP contribution in [0.25, 0.3) is 82.1 Å². The van der Waals surface area contributed by atoms with Gasteiger partial charge in [0.2, 0.25) is 0 Å². The summed E-state index contributed by atoms with van der Waals surface area (Å²) in [7, 11) is 0. The van der Waals surface area contributed by atoms with E-state index in [1.807, 2.05) is 12.1 Å². The molecule has 46 heavy (non-hydrogen) atoms. The molecule has 9 aromatic rings. The summed E-state index contributed by atoms with van der Waals surface area (Å²) in [6, 6.07) is 57.8. The fourth-order valence-corrected chi connectivity index (χ4v) is 7.02. The zero-order chi connectivity index (χ0) is 30.6. The molecule has 0 aliphatic rings. The fraction of sp³-hybridized carbons (Fsp3) is 0. The Bertz CT molecular complexity index is 2580. The number of hydrogen-bond donors (Lipinski definition) is 0. The number of rotatable bonds is 4. The summed E-state index contributed by atoms with van der Waals surface area (Å²) in [6.07, 6.45) is 0. The molecular weight excluding hydrogens is 558 g/mol. The third-order valence-corrected chi connectivity index (χ3v) is 9.11. The van der Waals surface area contributed by atoms with E-state index in [9.17, 15) is 0 Å². The van der Waals surface area contributed by atoms with E-state index < -0.39 is 0 Å². The van der Waals surface area contributed by atoms with E-state index in [1.165, 1.54) is 43.6 Å². The maximum absolute atomic E-state index is 7.90. The van der Waals surface area contributed by atoms with Gasteiger partial charge >= 0.3 is 0 Å². The highest BCUT2D eigenvalue weighted by Gasteiger charge is 2.15. The van der Waals surface area contributed by atoms with Gasteiger partial charge in [0.05, 0.1) is 28.6 Å². The van der Waals surface area contributed by atoms with Gasteiger partial charge in [-0.15, -0.1) is 0 Å². The lowest BCUT2D eigenvalue weighted by Gasteiger charge is -2.11. The first kappa shape index (κ1) is 26.1. The molecular formula is C43H27N3. The molecule has 0 radical (unpaired) electrons. The summed E-state index contributed by atoms with van der Waals surface area (Å²) >= 11 is 0. The highest BCUT2D eigenvalue weighted by Crippen LogP contribution is 2.38. The van der Waals surface area contributed by atoms with Crippen LogP contribution in [0.15, 0.2) is 164 Å². The molecule has 3 heteroatoms. The Morgan fingerprint density at radius 2 is 0.804 bits per heavy atom. The van der Waals surface area contributed by atoms with E-state index in [1.54, 1.807) is 0 Å². The Morgan fingerprint density at radius 1 is 0.348 bits per heavy atom. The normalized spacial score (nSPS) is 11.5. The minimum atomic E-state index is 0.630. The fourth-order valence-electron chi connectivity index (χ4n) is 7.02. The molecule has 0 N–H and O–H groups in total. The second-order valence-electron chi connectivity index (χ2n) is 11.7. The minimum Gasteiger partial charge on any atom is -0.309 e. The number of aromatic nitrogens is 2. The van der Waals surface area contributed by atoms with Crippen LogP contribution in [0.3, 0.4) is 0 Å². The van der Waals surface area contributed by atoms with E-state index in [2.05, 4.69) is 166 Å². The zero-order valence-corrected chi connectivity index (χ0v) is 24.9. The van der Waals surface area contributed by atoms with Gasteiger partial charge in [0.15, 0.2) is 5.69 Å². The molecule has 0 amide bonds. The first-order valence-electron chi connectivity index (χ1n) is 15.5. The molecule has 0 unspecified atom stereocenters. The number of para-hydroxylation sites is 4. The zero-order valence-electron chi connectivity index (χ0n) is 24.9. The molecule has 7 aromatic carbocycles. The van der Waals surface area contributed by atoms with Crippen molar-refractivity contribution in [1.82, 2.24) is 9.13 Å². The van der Waals surface area contributed by atoms with Crippen LogP contribution in [0.4, 0.5) is 5.69 Å². The lowest BCUT2D eigenvalue weighted by Crippen LogP contribution is -1.93. The Kier molecular flexibility index (Phi) is 5.88. The van der Waals surface area contributed by atoms with Crippen LogP contribution in [-0.4, -0.2) is 9.13 Å². The van der Waals surface area contributed by atoms with E-state index in [4.69, 9.17) is 6.57 Å². The first-order chi connectivity index (χ1) is 22.8. The maximum Gasteiger partial charge on any atom is 0.188 e. The summed E-state index contributed by atoms with van der Waals surface area (Å²) in [5.74, 6) is 0. The topological polar surface area (TPSA) is 14.2 Å². The van der Waals surface area contributed by atoms with Crippen LogP contribution in [0.1, 0.15) is 0 Å². The summed E-state index contributed by atoms with van der Waals surface area (Å²) < 4.78 is 4.66. The Hall–Kier alpha value is -6.37. The van der Waals surface area contributed by atoms with E-state index >= 15 is 0 Å². The summed E-state index contributed by atoms with van der Waals surface area (Å²) in [6.45, 7) is 7.90. The van der Waals surface area contributed by atoms with Gasteiger partial charge < -0.3 is 9.13 Å². The lowest BCUT2D eigenvalue weighted by atomic mass is 9.97.